The summed E-state index contributed by atoms with van der Waals surface area (Å²) in [6.07, 6.45) is 1.22. The molecule has 0 radical (unpaired) electrons. The summed E-state index contributed by atoms with van der Waals surface area (Å²) >= 11 is 0. The fraction of sp³-hybridized carbons (Fsp3) is 0.875. The van der Waals surface area contributed by atoms with Crippen LogP contribution in [0.15, 0.2) is 0 Å². The van der Waals surface area contributed by atoms with Crippen LogP contribution in [0.1, 0.15) is 13.3 Å². The van der Waals surface area contributed by atoms with Gasteiger partial charge in [-0.25, -0.2) is 0 Å². The van der Waals surface area contributed by atoms with Gasteiger partial charge in [-0.2, -0.15) is 0 Å². The second-order valence-electron chi connectivity index (χ2n) is 3.30. The second kappa shape index (κ2) is 2.48. The Balaban J connectivity index is 1.89. The standard InChI is InChI=1S/C8H13NO2/c1-2-11-8(10)7-6-3-5(6)4-9-7/h5-7,9H,2-4H2,1H3/t5-,6-,7?/m1/s1. The molecule has 11 heavy (non-hydrogen) atoms. The van der Waals surface area contributed by atoms with Gasteiger partial charge in [-0.05, 0) is 31.7 Å². The fourth-order valence-electron chi connectivity index (χ4n) is 1.83. The van der Waals surface area contributed by atoms with E-state index in [9.17, 15) is 4.79 Å². The van der Waals surface area contributed by atoms with Crippen LogP contribution in [-0.2, 0) is 9.53 Å². The number of piperidine rings is 1. The molecule has 1 saturated heterocycles. The number of hydrogen-bond donors (Lipinski definition) is 1. The molecule has 0 aromatic heterocycles. The number of esters is 1. The fourth-order valence-corrected chi connectivity index (χ4v) is 1.83. The van der Waals surface area contributed by atoms with Gasteiger partial charge in [-0.1, -0.05) is 0 Å². The smallest absolute Gasteiger partial charge is 0.323 e. The molecule has 0 amide bonds. The van der Waals surface area contributed by atoms with Crippen molar-refractivity contribution in [3.63, 3.8) is 0 Å². The maximum Gasteiger partial charge on any atom is 0.323 e. The van der Waals surface area contributed by atoms with Crippen molar-refractivity contribution in [3.8, 4) is 0 Å². The van der Waals surface area contributed by atoms with Crippen molar-refractivity contribution >= 4 is 5.97 Å². The number of carbonyl (C=O) groups excluding carboxylic acids is 1. The van der Waals surface area contributed by atoms with Crippen LogP contribution in [0.2, 0.25) is 0 Å². The molecule has 0 aromatic rings. The van der Waals surface area contributed by atoms with Crippen molar-refractivity contribution in [1.29, 1.82) is 0 Å². The summed E-state index contributed by atoms with van der Waals surface area (Å²) < 4.78 is 4.92. The Labute approximate surface area is 66.1 Å². The molecule has 2 aliphatic rings. The highest BCUT2D eigenvalue weighted by Gasteiger charge is 2.51. The van der Waals surface area contributed by atoms with Gasteiger partial charge >= 0.3 is 5.97 Å². The van der Waals surface area contributed by atoms with Gasteiger partial charge < -0.3 is 10.1 Å². The first-order valence-electron chi connectivity index (χ1n) is 4.23. The van der Waals surface area contributed by atoms with Crippen molar-refractivity contribution in [3.05, 3.63) is 0 Å². The lowest BCUT2D eigenvalue weighted by atomic mass is 10.2. The number of rotatable bonds is 2. The van der Waals surface area contributed by atoms with E-state index in [1.807, 2.05) is 6.92 Å². The molecule has 1 N–H and O–H groups in total. The van der Waals surface area contributed by atoms with E-state index < -0.39 is 0 Å². The zero-order valence-electron chi connectivity index (χ0n) is 6.67. The van der Waals surface area contributed by atoms with Crippen molar-refractivity contribution in [1.82, 2.24) is 5.32 Å². The monoisotopic (exact) mass is 155 g/mol. The van der Waals surface area contributed by atoms with Crippen LogP contribution in [0.4, 0.5) is 0 Å². The minimum Gasteiger partial charge on any atom is -0.465 e. The quantitative estimate of drug-likeness (QED) is 0.577. The largest absolute Gasteiger partial charge is 0.465 e. The van der Waals surface area contributed by atoms with Crippen LogP contribution in [-0.4, -0.2) is 25.2 Å². The normalized spacial score (nSPS) is 39.9. The topological polar surface area (TPSA) is 38.3 Å². The van der Waals surface area contributed by atoms with Crippen molar-refractivity contribution in [2.24, 2.45) is 11.8 Å². The third-order valence-corrected chi connectivity index (χ3v) is 2.55. The van der Waals surface area contributed by atoms with Gasteiger partial charge in [0.15, 0.2) is 0 Å². The molecule has 3 heteroatoms. The molecular weight excluding hydrogens is 142 g/mol. The summed E-state index contributed by atoms with van der Waals surface area (Å²) in [5.41, 5.74) is 0. The lowest BCUT2D eigenvalue weighted by molar-refractivity contribution is -0.145. The van der Waals surface area contributed by atoms with Crippen LogP contribution in [0.5, 0.6) is 0 Å². The molecule has 0 aromatic carbocycles. The van der Waals surface area contributed by atoms with E-state index in [1.165, 1.54) is 6.42 Å². The average Bonchev–Trinajstić information content (AvgIpc) is 2.63. The Kier molecular flexibility index (Phi) is 1.60. The molecule has 1 heterocycles. The van der Waals surface area contributed by atoms with E-state index in [-0.39, 0.29) is 12.0 Å². The first-order chi connectivity index (χ1) is 5.33. The first kappa shape index (κ1) is 7.10. The van der Waals surface area contributed by atoms with Crippen LogP contribution < -0.4 is 5.32 Å². The molecule has 3 nitrogen and oxygen atoms in total. The van der Waals surface area contributed by atoms with Crippen molar-refractivity contribution in [2.45, 2.75) is 19.4 Å². The van der Waals surface area contributed by atoms with Crippen LogP contribution in [0, 0.1) is 11.8 Å². The summed E-state index contributed by atoms with van der Waals surface area (Å²) in [5.74, 6) is 1.30. The number of ether oxygens (including phenoxy) is 1. The number of nitrogens with one attached hydrogen (secondary N) is 1. The second-order valence-corrected chi connectivity index (χ2v) is 3.30. The number of hydrogen-bond acceptors (Lipinski definition) is 3. The van der Waals surface area contributed by atoms with Crippen LogP contribution in [0.3, 0.4) is 0 Å². The summed E-state index contributed by atoms with van der Waals surface area (Å²) in [6, 6.07) is 0.0138. The SMILES string of the molecule is CCOC(=O)C1NC[C@H]2C[C@@H]12. The molecule has 0 spiro atoms. The first-order valence-corrected chi connectivity index (χ1v) is 4.23. The molecule has 3 atom stereocenters. The van der Waals surface area contributed by atoms with Gasteiger partial charge in [-0.15, -0.1) is 0 Å². The van der Waals surface area contributed by atoms with E-state index in [0.717, 1.165) is 12.5 Å². The highest BCUT2D eigenvalue weighted by Crippen LogP contribution is 2.45. The van der Waals surface area contributed by atoms with Gasteiger partial charge in [0.2, 0.25) is 0 Å². The molecule has 1 aliphatic heterocycles. The summed E-state index contributed by atoms with van der Waals surface area (Å²) in [7, 11) is 0. The molecular formula is C8H13NO2. The third kappa shape index (κ3) is 1.13. The molecule has 2 fully saturated rings. The van der Waals surface area contributed by atoms with E-state index in [4.69, 9.17) is 4.74 Å². The Morgan fingerprint density at radius 1 is 1.73 bits per heavy atom. The zero-order chi connectivity index (χ0) is 7.84. The number of fused-ring (bicyclic) bond motifs is 1. The van der Waals surface area contributed by atoms with Gasteiger partial charge in [0, 0.05) is 0 Å². The molecule has 0 bridgehead atoms. The molecule has 1 saturated carbocycles. The Morgan fingerprint density at radius 3 is 3.00 bits per heavy atom. The number of carbonyl (C=O) groups is 1. The van der Waals surface area contributed by atoms with E-state index in [2.05, 4.69) is 5.32 Å². The van der Waals surface area contributed by atoms with E-state index in [0.29, 0.717) is 12.5 Å². The predicted molar refractivity (Wildman–Crippen MR) is 40.0 cm³/mol. The maximum atomic E-state index is 11.2. The highest BCUT2D eigenvalue weighted by molar-refractivity contribution is 5.77. The zero-order valence-corrected chi connectivity index (χ0v) is 6.67. The molecule has 1 unspecified atom stereocenters. The van der Waals surface area contributed by atoms with Gasteiger partial charge in [0.1, 0.15) is 6.04 Å². The predicted octanol–water partition coefficient (Wildman–Crippen LogP) is 0.157. The minimum absolute atomic E-state index is 0.0138. The lowest BCUT2D eigenvalue weighted by Crippen LogP contribution is -2.36. The van der Waals surface area contributed by atoms with Crippen molar-refractivity contribution in [2.75, 3.05) is 13.2 Å². The Bertz CT molecular complexity index is 181. The summed E-state index contributed by atoms with van der Waals surface area (Å²) in [5, 5.41) is 3.17. The minimum atomic E-state index is -0.0579. The van der Waals surface area contributed by atoms with Crippen LogP contribution in [0.25, 0.3) is 0 Å². The van der Waals surface area contributed by atoms with E-state index >= 15 is 0 Å². The molecule has 62 valence electrons. The third-order valence-electron chi connectivity index (χ3n) is 2.55. The highest BCUT2D eigenvalue weighted by atomic mass is 16.5. The maximum absolute atomic E-state index is 11.2. The Morgan fingerprint density at radius 2 is 2.55 bits per heavy atom. The van der Waals surface area contributed by atoms with Gasteiger partial charge in [0.05, 0.1) is 6.61 Å². The van der Waals surface area contributed by atoms with Crippen LogP contribution >= 0.6 is 0 Å². The van der Waals surface area contributed by atoms with Gasteiger partial charge in [-0.3, -0.25) is 4.79 Å². The average molecular weight is 155 g/mol. The van der Waals surface area contributed by atoms with Crippen molar-refractivity contribution < 1.29 is 9.53 Å². The van der Waals surface area contributed by atoms with Gasteiger partial charge in [0.25, 0.3) is 0 Å². The summed E-state index contributed by atoms with van der Waals surface area (Å²) in [4.78, 5) is 11.2. The molecule has 2 rings (SSSR count). The summed E-state index contributed by atoms with van der Waals surface area (Å²) in [6.45, 7) is 3.35. The van der Waals surface area contributed by atoms with E-state index in [1.54, 1.807) is 0 Å². The lowest BCUT2D eigenvalue weighted by Gasteiger charge is -2.10. The molecule has 1 aliphatic carbocycles. The Hall–Kier alpha value is -0.570.